The van der Waals surface area contributed by atoms with E-state index in [-0.39, 0.29) is 11.5 Å². The van der Waals surface area contributed by atoms with E-state index in [4.69, 9.17) is 10.7 Å². The highest BCUT2D eigenvalue weighted by molar-refractivity contribution is 6.49. The van der Waals surface area contributed by atoms with E-state index in [1.165, 1.54) is 0 Å². The predicted octanol–water partition coefficient (Wildman–Crippen LogP) is -0.554. The van der Waals surface area contributed by atoms with Crippen LogP contribution in [-0.2, 0) is 0 Å². The Morgan fingerprint density at radius 3 is 2.57 bits per heavy atom. The summed E-state index contributed by atoms with van der Waals surface area (Å²) in [5.74, 6) is 0.113. The Labute approximate surface area is 40.0 Å². The van der Waals surface area contributed by atoms with Gasteiger partial charge in [0.25, 0.3) is 0 Å². The highest BCUT2D eigenvalue weighted by Gasteiger charge is 2.12. The molecule has 0 aromatic carbocycles. The summed E-state index contributed by atoms with van der Waals surface area (Å²) in [4.78, 5) is 0. The fraction of sp³-hybridized carbons (Fsp3) is 0. The molecule has 1 aliphatic heterocycles. The summed E-state index contributed by atoms with van der Waals surface area (Å²) in [5.41, 5.74) is 2.44. The lowest BCUT2D eigenvalue weighted by atomic mass is 10.3. The predicted molar refractivity (Wildman–Crippen MR) is 23.9 cm³/mol. The SMILES string of the molecule is N#CC1=NNC1=N. The number of hydrogen-bond acceptors (Lipinski definition) is 3. The molecule has 0 saturated heterocycles. The molecule has 0 fully saturated rings. The quantitative estimate of drug-likeness (QED) is 0.422. The van der Waals surface area contributed by atoms with Gasteiger partial charge in [-0.15, -0.1) is 0 Å². The highest BCUT2D eigenvalue weighted by Crippen LogP contribution is 1.84. The maximum Gasteiger partial charge on any atom is 0.204 e. The van der Waals surface area contributed by atoms with Crippen LogP contribution in [0.3, 0.4) is 0 Å². The van der Waals surface area contributed by atoms with Crippen molar-refractivity contribution < 1.29 is 0 Å². The van der Waals surface area contributed by atoms with E-state index in [1.54, 1.807) is 6.07 Å². The lowest BCUT2D eigenvalue weighted by Crippen LogP contribution is -2.36. The largest absolute Gasteiger partial charge is 0.281 e. The van der Waals surface area contributed by atoms with Gasteiger partial charge in [0.2, 0.25) is 5.71 Å². The van der Waals surface area contributed by atoms with Crippen molar-refractivity contribution in [2.45, 2.75) is 0 Å². The van der Waals surface area contributed by atoms with Gasteiger partial charge >= 0.3 is 0 Å². The Balaban J connectivity index is 2.81. The van der Waals surface area contributed by atoms with E-state index in [0.29, 0.717) is 0 Å². The van der Waals surface area contributed by atoms with Crippen LogP contribution >= 0.6 is 0 Å². The Morgan fingerprint density at radius 2 is 2.57 bits per heavy atom. The molecule has 0 aliphatic carbocycles. The van der Waals surface area contributed by atoms with Crippen LogP contribution in [0.1, 0.15) is 0 Å². The Kier molecular flexibility index (Phi) is 0.570. The molecule has 0 aromatic rings. The molecule has 2 N–H and O–H groups in total. The minimum absolute atomic E-state index is 0.113. The van der Waals surface area contributed by atoms with Crippen molar-refractivity contribution in [1.82, 2.24) is 5.43 Å². The van der Waals surface area contributed by atoms with Gasteiger partial charge < -0.3 is 0 Å². The van der Waals surface area contributed by atoms with Gasteiger partial charge in [-0.2, -0.15) is 10.4 Å². The summed E-state index contributed by atoms with van der Waals surface area (Å²) >= 11 is 0. The molecule has 0 radical (unpaired) electrons. The molecule has 34 valence electrons. The van der Waals surface area contributed by atoms with Crippen LogP contribution in [0.2, 0.25) is 0 Å². The van der Waals surface area contributed by atoms with E-state index < -0.39 is 0 Å². The minimum Gasteiger partial charge on any atom is -0.281 e. The number of amidine groups is 1. The first-order chi connectivity index (χ1) is 3.34. The van der Waals surface area contributed by atoms with E-state index in [0.717, 1.165) is 0 Å². The van der Waals surface area contributed by atoms with Crippen molar-refractivity contribution in [3.63, 3.8) is 0 Å². The average molecular weight is 94.1 g/mol. The first-order valence-electron chi connectivity index (χ1n) is 1.67. The maximum atomic E-state index is 7.99. The zero-order valence-electron chi connectivity index (χ0n) is 3.39. The van der Waals surface area contributed by atoms with Crippen LogP contribution in [-0.4, -0.2) is 11.5 Å². The number of nitrogens with zero attached hydrogens (tertiary/aromatic N) is 2. The molecule has 4 heteroatoms. The first-order valence-corrected chi connectivity index (χ1v) is 1.67. The molecule has 4 nitrogen and oxygen atoms in total. The van der Waals surface area contributed by atoms with Gasteiger partial charge in [-0.25, -0.2) is 0 Å². The van der Waals surface area contributed by atoms with Crippen molar-refractivity contribution in [3.8, 4) is 6.07 Å². The number of hydrogen-bond donors (Lipinski definition) is 2. The topological polar surface area (TPSA) is 72.0 Å². The third-order valence-electron chi connectivity index (χ3n) is 0.622. The molecule has 0 unspecified atom stereocenters. The van der Waals surface area contributed by atoms with Crippen molar-refractivity contribution in [2.24, 2.45) is 5.10 Å². The van der Waals surface area contributed by atoms with E-state index >= 15 is 0 Å². The third-order valence-corrected chi connectivity index (χ3v) is 0.622. The first kappa shape index (κ1) is 3.81. The lowest BCUT2D eigenvalue weighted by molar-refractivity contribution is 0.981. The van der Waals surface area contributed by atoms with Crippen molar-refractivity contribution in [1.29, 1.82) is 10.7 Å². The van der Waals surface area contributed by atoms with Gasteiger partial charge in [0, 0.05) is 0 Å². The molecular weight excluding hydrogens is 92.1 g/mol. The van der Waals surface area contributed by atoms with E-state index in [1.807, 2.05) is 0 Å². The number of hydrazone groups is 1. The van der Waals surface area contributed by atoms with Crippen LogP contribution in [0, 0.1) is 16.7 Å². The van der Waals surface area contributed by atoms with Crippen LogP contribution in [0.5, 0.6) is 0 Å². The molecule has 0 aromatic heterocycles. The van der Waals surface area contributed by atoms with Crippen molar-refractivity contribution in [2.75, 3.05) is 0 Å². The third kappa shape index (κ3) is 0.345. The van der Waals surface area contributed by atoms with Crippen molar-refractivity contribution >= 4 is 11.5 Å². The second-order valence-electron chi connectivity index (χ2n) is 1.06. The maximum absolute atomic E-state index is 7.99. The van der Waals surface area contributed by atoms with Gasteiger partial charge in [-0.05, 0) is 0 Å². The molecule has 7 heavy (non-hydrogen) atoms. The molecule has 0 bridgehead atoms. The zero-order valence-corrected chi connectivity index (χ0v) is 3.39. The monoisotopic (exact) mass is 94.0 g/mol. The normalized spacial score (nSPS) is 15.9. The fourth-order valence-electron chi connectivity index (χ4n) is 0.249. The highest BCUT2D eigenvalue weighted by atomic mass is 15.4. The van der Waals surface area contributed by atoms with E-state index in [2.05, 4.69) is 10.5 Å². The molecule has 0 spiro atoms. The van der Waals surface area contributed by atoms with Gasteiger partial charge in [0.15, 0.2) is 5.84 Å². The summed E-state index contributed by atoms with van der Waals surface area (Å²) in [6.07, 6.45) is 0. The number of nitrogens with one attached hydrogen (secondary N) is 2. The average Bonchev–Trinajstić information content (AvgIpc) is 1.65. The Morgan fingerprint density at radius 1 is 1.86 bits per heavy atom. The van der Waals surface area contributed by atoms with Gasteiger partial charge in [0.05, 0.1) is 0 Å². The molecule has 0 saturated carbocycles. The summed E-state index contributed by atoms with van der Waals surface area (Å²) in [5, 5.41) is 18.1. The Bertz CT molecular complexity index is 172. The smallest absolute Gasteiger partial charge is 0.204 e. The lowest BCUT2D eigenvalue weighted by Gasteiger charge is -2.06. The fourth-order valence-corrected chi connectivity index (χ4v) is 0.249. The van der Waals surface area contributed by atoms with Gasteiger partial charge in [-0.3, -0.25) is 10.8 Å². The molecule has 0 atom stereocenters. The van der Waals surface area contributed by atoms with E-state index in [9.17, 15) is 0 Å². The second-order valence-corrected chi connectivity index (χ2v) is 1.06. The molecular formula is C3H2N4. The summed E-state index contributed by atoms with van der Waals surface area (Å²) < 4.78 is 0. The second kappa shape index (κ2) is 1.05. The molecule has 0 amide bonds. The Hall–Kier alpha value is -1.37. The minimum atomic E-state index is 0.113. The summed E-state index contributed by atoms with van der Waals surface area (Å²) in [6.45, 7) is 0. The van der Waals surface area contributed by atoms with Gasteiger partial charge in [-0.1, -0.05) is 0 Å². The molecule has 1 aliphatic rings. The molecule has 1 heterocycles. The summed E-state index contributed by atoms with van der Waals surface area (Å²) in [6, 6.07) is 1.71. The van der Waals surface area contributed by atoms with Crippen LogP contribution in [0.25, 0.3) is 0 Å². The van der Waals surface area contributed by atoms with Gasteiger partial charge in [0.1, 0.15) is 6.07 Å². The van der Waals surface area contributed by atoms with Crippen LogP contribution in [0.4, 0.5) is 0 Å². The van der Waals surface area contributed by atoms with Crippen molar-refractivity contribution in [3.05, 3.63) is 0 Å². The summed E-state index contributed by atoms with van der Waals surface area (Å²) in [7, 11) is 0. The number of nitriles is 1. The van der Waals surface area contributed by atoms with Crippen LogP contribution < -0.4 is 5.43 Å². The number of rotatable bonds is 0. The van der Waals surface area contributed by atoms with Crippen LogP contribution in [0.15, 0.2) is 5.10 Å². The molecule has 1 rings (SSSR count). The zero-order chi connectivity index (χ0) is 5.28. The standard InChI is InChI=1S/C3H2N4/c4-1-2-3(5)7-6-2/h(H2,5,7).